The van der Waals surface area contributed by atoms with Crippen LogP contribution in [0.25, 0.3) is 0 Å². The Labute approximate surface area is 93.6 Å². The van der Waals surface area contributed by atoms with Gasteiger partial charge >= 0.3 is 0 Å². The van der Waals surface area contributed by atoms with E-state index in [1.165, 1.54) is 7.11 Å². The van der Waals surface area contributed by atoms with Crippen LogP contribution in [-0.2, 0) is 5.54 Å². The van der Waals surface area contributed by atoms with Crippen molar-refractivity contribution in [1.29, 1.82) is 5.26 Å². The lowest BCUT2D eigenvalue weighted by Crippen LogP contribution is -2.43. The predicted octanol–water partition coefficient (Wildman–Crippen LogP) is 1.55. The van der Waals surface area contributed by atoms with E-state index in [1.54, 1.807) is 25.1 Å². The molecule has 0 aliphatic carbocycles. The van der Waals surface area contributed by atoms with Gasteiger partial charge in [0, 0.05) is 10.6 Å². The molecule has 4 nitrogen and oxygen atoms in total. The number of benzene rings is 1. The second-order valence-corrected chi connectivity index (χ2v) is 3.66. The number of rotatable bonds is 3. The summed E-state index contributed by atoms with van der Waals surface area (Å²) in [6.45, 7) is 1.65. The Morgan fingerprint density at radius 3 is 2.73 bits per heavy atom. The van der Waals surface area contributed by atoms with E-state index in [4.69, 9.17) is 27.4 Å². The normalized spacial score (nSPS) is 14.1. The molecule has 0 amide bonds. The molecule has 0 saturated heterocycles. The molecular formula is C10H12ClN3O. The number of methoxy groups -OCH3 is 1. The molecule has 0 aliphatic rings. The lowest BCUT2D eigenvalue weighted by molar-refractivity contribution is 0.387. The zero-order valence-electron chi connectivity index (χ0n) is 8.54. The molecule has 0 radical (unpaired) electrons. The van der Waals surface area contributed by atoms with Crippen molar-refractivity contribution in [2.45, 2.75) is 12.5 Å². The predicted molar refractivity (Wildman–Crippen MR) is 58.3 cm³/mol. The average molecular weight is 226 g/mol. The van der Waals surface area contributed by atoms with E-state index < -0.39 is 5.54 Å². The first-order valence-electron chi connectivity index (χ1n) is 4.30. The summed E-state index contributed by atoms with van der Waals surface area (Å²) in [5.74, 6) is 5.92. The lowest BCUT2D eigenvalue weighted by atomic mass is 9.93. The van der Waals surface area contributed by atoms with Gasteiger partial charge in [-0.3, -0.25) is 5.84 Å². The quantitative estimate of drug-likeness (QED) is 0.605. The second kappa shape index (κ2) is 4.49. The van der Waals surface area contributed by atoms with E-state index in [1.807, 2.05) is 0 Å². The largest absolute Gasteiger partial charge is 0.496 e. The van der Waals surface area contributed by atoms with Crippen LogP contribution >= 0.6 is 11.6 Å². The van der Waals surface area contributed by atoms with Crippen molar-refractivity contribution in [3.05, 3.63) is 28.8 Å². The van der Waals surface area contributed by atoms with Crippen LogP contribution in [-0.4, -0.2) is 7.11 Å². The van der Waals surface area contributed by atoms with E-state index in [2.05, 4.69) is 11.5 Å². The number of nitrogens with zero attached hydrogens (tertiary/aromatic N) is 1. The van der Waals surface area contributed by atoms with Crippen LogP contribution in [0, 0.1) is 11.3 Å². The zero-order valence-corrected chi connectivity index (χ0v) is 9.30. The molecule has 0 spiro atoms. The Balaban J connectivity index is 3.34. The minimum Gasteiger partial charge on any atom is -0.496 e. The third kappa shape index (κ3) is 2.21. The molecule has 3 N–H and O–H groups in total. The highest BCUT2D eigenvalue weighted by Crippen LogP contribution is 2.31. The van der Waals surface area contributed by atoms with Crippen LogP contribution in [0.1, 0.15) is 12.5 Å². The molecular weight excluding hydrogens is 214 g/mol. The molecule has 1 aromatic carbocycles. The first-order chi connectivity index (χ1) is 7.07. The van der Waals surface area contributed by atoms with Gasteiger partial charge in [-0.2, -0.15) is 5.26 Å². The van der Waals surface area contributed by atoms with Crippen molar-refractivity contribution in [2.24, 2.45) is 5.84 Å². The van der Waals surface area contributed by atoms with Crippen LogP contribution in [0.15, 0.2) is 18.2 Å². The number of nitrogens with one attached hydrogen (secondary N) is 1. The number of nitrogens with two attached hydrogens (primary N) is 1. The van der Waals surface area contributed by atoms with Crippen molar-refractivity contribution < 1.29 is 4.74 Å². The molecule has 15 heavy (non-hydrogen) atoms. The van der Waals surface area contributed by atoms with Gasteiger partial charge in [-0.15, -0.1) is 0 Å². The SMILES string of the molecule is COc1ccc(Cl)cc1C(C)(C#N)NN. The number of halogens is 1. The first kappa shape index (κ1) is 11.8. The zero-order chi connectivity index (χ0) is 11.5. The summed E-state index contributed by atoms with van der Waals surface area (Å²) in [5, 5.41) is 9.59. The fourth-order valence-electron chi connectivity index (χ4n) is 1.24. The average Bonchev–Trinajstić information content (AvgIpc) is 2.28. The van der Waals surface area contributed by atoms with Gasteiger partial charge in [-0.25, -0.2) is 5.43 Å². The first-order valence-corrected chi connectivity index (χ1v) is 4.68. The van der Waals surface area contributed by atoms with Crippen molar-refractivity contribution in [1.82, 2.24) is 5.43 Å². The van der Waals surface area contributed by atoms with Crippen LogP contribution in [0.4, 0.5) is 0 Å². The van der Waals surface area contributed by atoms with Crippen LogP contribution < -0.4 is 16.0 Å². The third-order valence-corrected chi connectivity index (χ3v) is 2.45. The fourth-order valence-corrected chi connectivity index (χ4v) is 1.41. The summed E-state index contributed by atoms with van der Waals surface area (Å²) >= 11 is 5.86. The molecule has 0 saturated carbocycles. The maximum Gasteiger partial charge on any atom is 0.145 e. The summed E-state index contributed by atoms with van der Waals surface area (Å²) in [6, 6.07) is 7.12. The van der Waals surface area contributed by atoms with Crippen molar-refractivity contribution in [3.8, 4) is 11.8 Å². The van der Waals surface area contributed by atoms with E-state index in [9.17, 15) is 0 Å². The highest BCUT2D eigenvalue weighted by atomic mass is 35.5. The fraction of sp³-hybridized carbons (Fsp3) is 0.300. The minimum absolute atomic E-state index is 0.530. The van der Waals surface area contributed by atoms with Gasteiger partial charge < -0.3 is 4.74 Å². The van der Waals surface area contributed by atoms with E-state index in [-0.39, 0.29) is 0 Å². The van der Waals surface area contributed by atoms with E-state index >= 15 is 0 Å². The van der Waals surface area contributed by atoms with Crippen molar-refractivity contribution in [2.75, 3.05) is 7.11 Å². The second-order valence-electron chi connectivity index (χ2n) is 3.23. The Hall–Kier alpha value is -1.28. The highest BCUT2D eigenvalue weighted by molar-refractivity contribution is 6.30. The van der Waals surface area contributed by atoms with E-state index in [0.717, 1.165) is 0 Å². The maximum atomic E-state index is 9.06. The smallest absolute Gasteiger partial charge is 0.145 e. The van der Waals surface area contributed by atoms with Crippen LogP contribution in [0.3, 0.4) is 0 Å². The summed E-state index contributed by atoms with van der Waals surface area (Å²) in [6.07, 6.45) is 0. The third-order valence-electron chi connectivity index (χ3n) is 2.21. The highest BCUT2D eigenvalue weighted by Gasteiger charge is 2.28. The molecule has 0 heterocycles. The Kier molecular flexibility index (Phi) is 3.53. The van der Waals surface area contributed by atoms with Crippen molar-refractivity contribution >= 4 is 11.6 Å². The molecule has 0 bridgehead atoms. The monoisotopic (exact) mass is 225 g/mol. The molecule has 1 atom stereocenters. The topological polar surface area (TPSA) is 71.1 Å². The summed E-state index contributed by atoms with van der Waals surface area (Å²) < 4.78 is 5.14. The number of hydrazine groups is 1. The van der Waals surface area contributed by atoms with E-state index in [0.29, 0.717) is 16.3 Å². The molecule has 1 rings (SSSR count). The Morgan fingerprint density at radius 2 is 2.27 bits per heavy atom. The van der Waals surface area contributed by atoms with Gasteiger partial charge in [0.25, 0.3) is 0 Å². The van der Waals surface area contributed by atoms with Crippen molar-refractivity contribution in [3.63, 3.8) is 0 Å². The molecule has 0 aromatic heterocycles. The molecule has 80 valence electrons. The van der Waals surface area contributed by atoms with Crippen LogP contribution in [0.2, 0.25) is 5.02 Å². The summed E-state index contributed by atoms with van der Waals surface area (Å²) in [5.41, 5.74) is 2.04. The number of ether oxygens (including phenoxy) is 1. The Morgan fingerprint density at radius 1 is 1.60 bits per heavy atom. The lowest BCUT2D eigenvalue weighted by Gasteiger charge is -2.23. The molecule has 0 aliphatic heterocycles. The van der Waals surface area contributed by atoms with Gasteiger partial charge in [0.05, 0.1) is 13.2 Å². The molecule has 1 unspecified atom stereocenters. The standard InChI is InChI=1S/C10H12ClN3O/c1-10(6-12,14-13)8-5-7(11)3-4-9(8)15-2/h3-5,14H,13H2,1-2H3. The number of nitriles is 1. The summed E-state index contributed by atoms with van der Waals surface area (Å²) in [4.78, 5) is 0. The number of hydrogen-bond donors (Lipinski definition) is 2. The van der Waals surface area contributed by atoms with Gasteiger partial charge in [0.1, 0.15) is 11.3 Å². The minimum atomic E-state index is -1.02. The van der Waals surface area contributed by atoms with Gasteiger partial charge in [0.15, 0.2) is 0 Å². The maximum absolute atomic E-state index is 9.06. The Bertz CT molecular complexity index is 402. The molecule has 1 aromatic rings. The van der Waals surface area contributed by atoms with Gasteiger partial charge in [-0.05, 0) is 25.1 Å². The van der Waals surface area contributed by atoms with Gasteiger partial charge in [0.2, 0.25) is 0 Å². The van der Waals surface area contributed by atoms with Crippen LogP contribution in [0.5, 0.6) is 5.75 Å². The number of hydrogen-bond acceptors (Lipinski definition) is 4. The molecule has 5 heteroatoms. The molecule has 0 fully saturated rings. The summed E-state index contributed by atoms with van der Waals surface area (Å²) in [7, 11) is 1.53. The van der Waals surface area contributed by atoms with Gasteiger partial charge in [-0.1, -0.05) is 11.6 Å².